The Morgan fingerprint density at radius 1 is 1.00 bits per heavy atom. The zero-order chi connectivity index (χ0) is 16.9. The van der Waals surface area contributed by atoms with Gasteiger partial charge in [0, 0.05) is 6.04 Å². The summed E-state index contributed by atoms with van der Waals surface area (Å²) in [6.07, 6.45) is 1.57. The fourth-order valence-corrected chi connectivity index (χ4v) is 4.04. The Bertz CT molecular complexity index is 748. The zero-order valence-electron chi connectivity index (χ0n) is 12.8. The molecule has 0 bridgehead atoms. The topological polar surface area (TPSA) is 46.2 Å². The molecule has 1 N–H and O–H groups in total. The number of rotatable bonds is 7. The molecule has 2 aromatic rings. The van der Waals surface area contributed by atoms with Gasteiger partial charge < -0.3 is 0 Å². The van der Waals surface area contributed by atoms with Crippen LogP contribution in [0.15, 0.2) is 48.5 Å². The van der Waals surface area contributed by atoms with E-state index in [1.807, 2.05) is 37.3 Å². The molecule has 1 atom stereocenters. The van der Waals surface area contributed by atoms with E-state index in [0.29, 0.717) is 15.6 Å². The van der Waals surface area contributed by atoms with Crippen LogP contribution in [0.2, 0.25) is 10.0 Å². The van der Waals surface area contributed by atoms with Crippen molar-refractivity contribution >= 4 is 33.2 Å². The van der Waals surface area contributed by atoms with Crippen molar-refractivity contribution in [3.05, 3.63) is 69.7 Å². The first-order valence-corrected chi connectivity index (χ1v) is 9.74. The maximum absolute atomic E-state index is 12.2. The molecular weight excluding hydrogens is 353 g/mol. The summed E-state index contributed by atoms with van der Waals surface area (Å²) in [6, 6.07) is 14.7. The molecule has 0 aliphatic rings. The molecule has 0 fully saturated rings. The molecule has 0 amide bonds. The van der Waals surface area contributed by atoms with E-state index in [4.69, 9.17) is 23.2 Å². The lowest BCUT2D eigenvalue weighted by Crippen LogP contribution is -2.33. The average molecular weight is 372 g/mol. The number of hydrogen-bond acceptors (Lipinski definition) is 2. The summed E-state index contributed by atoms with van der Waals surface area (Å²) in [5, 5.41) is 0.772. The second-order valence-electron chi connectivity index (χ2n) is 5.55. The fourth-order valence-electron chi connectivity index (χ4n) is 2.28. The van der Waals surface area contributed by atoms with Crippen molar-refractivity contribution in [1.82, 2.24) is 4.72 Å². The molecule has 0 radical (unpaired) electrons. The molecule has 3 nitrogen and oxygen atoms in total. The van der Waals surface area contributed by atoms with Gasteiger partial charge in [-0.3, -0.25) is 0 Å². The van der Waals surface area contributed by atoms with Gasteiger partial charge in [-0.1, -0.05) is 59.6 Å². The summed E-state index contributed by atoms with van der Waals surface area (Å²) in [6.45, 7) is 1.87. The number of benzene rings is 2. The SMILES string of the molecule is CC(CCc1ccccc1)NS(=O)(=O)Cc1ccc(Cl)c(Cl)c1. The van der Waals surface area contributed by atoms with Crippen molar-refractivity contribution in [3.8, 4) is 0 Å². The number of nitrogens with one attached hydrogen (secondary N) is 1. The van der Waals surface area contributed by atoms with Crippen LogP contribution in [0.25, 0.3) is 0 Å². The highest BCUT2D eigenvalue weighted by Gasteiger charge is 2.16. The van der Waals surface area contributed by atoms with Crippen LogP contribution in [0.4, 0.5) is 0 Å². The molecule has 0 spiro atoms. The molecule has 2 rings (SSSR count). The van der Waals surface area contributed by atoms with Gasteiger partial charge in [-0.2, -0.15) is 0 Å². The van der Waals surface area contributed by atoms with Crippen LogP contribution in [0, 0.1) is 0 Å². The van der Waals surface area contributed by atoms with Crippen LogP contribution < -0.4 is 4.72 Å². The van der Waals surface area contributed by atoms with Gasteiger partial charge >= 0.3 is 0 Å². The van der Waals surface area contributed by atoms with Gasteiger partial charge in [-0.25, -0.2) is 13.1 Å². The Kier molecular flexibility index (Phi) is 6.48. The zero-order valence-corrected chi connectivity index (χ0v) is 15.1. The Morgan fingerprint density at radius 2 is 1.70 bits per heavy atom. The lowest BCUT2D eigenvalue weighted by molar-refractivity contribution is 0.546. The van der Waals surface area contributed by atoms with Gasteiger partial charge in [0.2, 0.25) is 10.0 Å². The summed E-state index contributed by atoms with van der Waals surface area (Å²) in [4.78, 5) is 0. The third-order valence-electron chi connectivity index (χ3n) is 3.43. The Morgan fingerprint density at radius 3 is 2.35 bits per heavy atom. The molecule has 1 unspecified atom stereocenters. The van der Waals surface area contributed by atoms with Crippen molar-refractivity contribution in [3.63, 3.8) is 0 Å². The van der Waals surface area contributed by atoms with Crippen LogP contribution >= 0.6 is 23.2 Å². The Labute approximate surface area is 147 Å². The second kappa shape index (κ2) is 8.15. The smallest absolute Gasteiger partial charge is 0.212 e. The third kappa shape index (κ3) is 6.15. The largest absolute Gasteiger partial charge is 0.216 e. The van der Waals surface area contributed by atoms with E-state index < -0.39 is 10.0 Å². The lowest BCUT2D eigenvalue weighted by atomic mass is 10.1. The molecule has 0 saturated heterocycles. The van der Waals surface area contributed by atoms with Gasteiger partial charge in [0.15, 0.2) is 0 Å². The first kappa shape index (κ1) is 18.3. The van der Waals surface area contributed by atoms with Gasteiger partial charge in [-0.15, -0.1) is 0 Å². The van der Waals surface area contributed by atoms with Crippen molar-refractivity contribution in [1.29, 1.82) is 0 Å². The normalized spacial score (nSPS) is 13.0. The third-order valence-corrected chi connectivity index (χ3v) is 5.64. The quantitative estimate of drug-likeness (QED) is 0.781. The maximum Gasteiger partial charge on any atom is 0.216 e. The van der Waals surface area contributed by atoms with E-state index in [1.165, 1.54) is 5.56 Å². The minimum atomic E-state index is -3.42. The summed E-state index contributed by atoms with van der Waals surface area (Å²) in [5.74, 6) is -0.112. The Balaban J connectivity index is 1.90. The van der Waals surface area contributed by atoms with Crippen LogP contribution in [-0.2, 0) is 22.2 Å². The van der Waals surface area contributed by atoms with Crippen molar-refractivity contribution < 1.29 is 8.42 Å². The minimum Gasteiger partial charge on any atom is -0.212 e. The van der Waals surface area contributed by atoms with Gasteiger partial charge in [0.25, 0.3) is 0 Å². The highest BCUT2D eigenvalue weighted by atomic mass is 35.5. The molecule has 23 heavy (non-hydrogen) atoms. The highest BCUT2D eigenvalue weighted by molar-refractivity contribution is 7.88. The first-order chi connectivity index (χ1) is 10.9. The fraction of sp³-hybridized carbons (Fsp3) is 0.294. The van der Waals surface area contributed by atoms with Crippen LogP contribution in [-0.4, -0.2) is 14.5 Å². The van der Waals surface area contributed by atoms with Crippen molar-refractivity contribution in [2.75, 3.05) is 0 Å². The summed E-state index contributed by atoms with van der Waals surface area (Å²) < 4.78 is 27.2. The number of aryl methyl sites for hydroxylation is 1. The van der Waals surface area contributed by atoms with Crippen LogP contribution in [0.3, 0.4) is 0 Å². The van der Waals surface area contributed by atoms with Crippen LogP contribution in [0.1, 0.15) is 24.5 Å². The van der Waals surface area contributed by atoms with Gasteiger partial charge in [-0.05, 0) is 43.0 Å². The predicted octanol–water partition coefficient (Wildman–Crippen LogP) is 4.43. The summed E-state index contributed by atoms with van der Waals surface area (Å²) in [5.41, 5.74) is 1.81. The molecule has 124 valence electrons. The molecule has 0 aliphatic carbocycles. The minimum absolute atomic E-state index is 0.112. The molecule has 6 heteroatoms. The number of sulfonamides is 1. The van der Waals surface area contributed by atoms with E-state index in [9.17, 15) is 8.42 Å². The maximum atomic E-state index is 12.2. The molecule has 0 saturated carbocycles. The predicted molar refractivity (Wildman–Crippen MR) is 96.4 cm³/mol. The molecule has 0 aromatic heterocycles. The lowest BCUT2D eigenvalue weighted by Gasteiger charge is -2.14. The first-order valence-electron chi connectivity index (χ1n) is 7.33. The van der Waals surface area contributed by atoms with E-state index in [0.717, 1.165) is 12.8 Å². The second-order valence-corrected chi connectivity index (χ2v) is 8.12. The number of halogens is 2. The molecule has 2 aromatic carbocycles. The molecule has 0 aliphatic heterocycles. The van der Waals surface area contributed by atoms with E-state index >= 15 is 0 Å². The Hall–Kier alpha value is -1.07. The summed E-state index contributed by atoms with van der Waals surface area (Å²) >= 11 is 11.8. The molecule has 0 heterocycles. The highest BCUT2D eigenvalue weighted by Crippen LogP contribution is 2.23. The average Bonchev–Trinajstić information content (AvgIpc) is 2.49. The molecular formula is C17H19Cl2NO2S. The van der Waals surface area contributed by atoms with Crippen molar-refractivity contribution in [2.24, 2.45) is 0 Å². The summed E-state index contributed by atoms with van der Waals surface area (Å²) in [7, 11) is -3.42. The van der Waals surface area contributed by atoms with Gasteiger partial charge in [0.05, 0.1) is 15.8 Å². The van der Waals surface area contributed by atoms with Crippen LogP contribution in [0.5, 0.6) is 0 Å². The van der Waals surface area contributed by atoms with E-state index in [1.54, 1.807) is 18.2 Å². The van der Waals surface area contributed by atoms with Crippen molar-refractivity contribution in [2.45, 2.75) is 31.6 Å². The standard InChI is InChI=1S/C17H19Cl2NO2S/c1-13(7-8-14-5-3-2-4-6-14)20-23(21,22)12-15-9-10-16(18)17(19)11-15/h2-6,9-11,13,20H,7-8,12H2,1H3. The number of hydrogen-bond donors (Lipinski definition) is 1. The monoisotopic (exact) mass is 371 g/mol. The van der Waals surface area contributed by atoms with E-state index in [2.05, 4.69) is 4.72 Å². The van der Waals surface area contributed by atoms with E-state index in [-0.39, 0.29) is 11.8 Å². The van der Waals surface area contributed by atoms with Gasteiger partial charge in [0.1, 0.15) is 0 Å².